The largest absolute Gasteiger partial charge is 0.499 e. The van der Waals surface area contributed by atoms with Gasteiger partial charge in [-0.15, -0.1) is 0 Å². The van der Waals surface area contributed by atoms with E-state index in [0.29, 0.717) is 11.7 Å². The van der Waals surface area contributed by atoms with Gasteiger partial charge in [-0.25, -0.2) is 0 Å². The Kier molecular flexibility index (Phi) is 8.23. The minimum Gasteiger partial charge on any atom is -0.420 e. The number of aliphatic hydroxyl groups is 1. The summed E-state index contributed by atoms with van der Waals surface area (Å²) in [5.41, 5.74) is -2.25. The maximum atomic E-state index is 12.6. The molecule has 0 spiro atoms. The molecule has 0 aliphatic heterocycles. The van der Waals surface area contributed by atoms with E-state index in [0.717, 1.165) is 6.92 Å². The Hall–Kier alpha value is 0.0238. The highest BCUT2D eigenvalue weighted by molar-refractivity contribution is 6.86. The Balaban J connectivity index is 4.77. The topological polar surface area (TPSA) is 57.2 Å². The number of halogens is 3. The minimum absolute atomic E-state index is 0.199. The van der Waals surface area contributed by atoms with Crippen molar-refractivity contribution < 1.29 is 36.0 Å². The summed E-state index contributed by atoms with van der Waals surface area (Å²) in [6, 6.07) is 0.445. The first-order valence-electron chi connectivity index (χ1n) is 6.90. The molecule has 0 aliphatic carbocycles. The summed E-state index contributed by atoms with van der Waals surface area (Å²) in [4.78, 5) is 0. The zero-order valence-electron chi connectivity index (χ0n) is 14.0. The smallest absolute Gasteiger partial charge is 0.420 e. The van der Waals surface area contributed by atoms with E-state index in [4.69, 9.17) is 17.7 Å². The van der Waals surface area contributed by atoms with Crippen molar-refractivity contribution in [3.05, 3.63) is 0 Å². The molecule has 0 fully saturated rings. The van der Waals surface area contributed by atoms with Crippen molar-refractivity contribution in [2.75, 3.05) is 28.4 Å². The van der Waals surface area contributed by atoms with Crippen molar-refractivity contribution in [3.63, 3.8) is 0 Å². The van der Waals surface area contributed by atoms with E-state index in [-0.39, 0.29) is 12.8 Å². The van der Waals surface area contributed by atoms with Crippen LogP contribution in [0, 0.1) is 0 Å². The molecule has 0 aromatic heterocycles. The van der Waals surface area contributed by atoms with Crippen molar-refractivity contribution in [1.82, 2.24) is 0 Å². The van der Waals surface area contributed by atoms with Crippen LogP contribution in [0.15, 0.2) is 0 Å². The molecular weight excluding hydrogens is 337 g/mol. The van der Waals surface area contributed by atoms with Crippen molar-refractivity contribution in [2.24, 2.45) is 0 Å². The Morgan fingerprint density at radius 3 is 1.73 bits per heavy atom. The van der Waals surface area contributed by atoms with Crippen LogP contribution in [0.4, 0.5) is 13.2 Å². The van der Waals surface area contributed by atoms with E-state index in [1.54, 1.807) is 0 Å². The standard InChI is InChI=1S/C12H27F3O5Si2/c1-11(16,12(13,14)15)8-7-9-21(6,17-2)10-22(18-3,19-4)20-5/h16H,7-10H2,1-6H3. The zero-order valence-corrected chi connectivity index (χ0v) is 16.0. The summed E-state index contributed by atoms with van der Waals surface area (Å²) < 4.78 is 59.6. The molecule has 0 saturated heterocycles. The van der Waals surface area contributed by atoms with Crippen LogP contribution >= 0.6 is 0 Å². The molecular formula is C12H27F3O5Si2. The first-order chi connectivity index (χ1) is 9.91. The van der Waals surface area contributed by atoms with Crippen LogP contribution in [-0.4, -0.2) is 62.4 Å². The van der Waals surface area contributed by atoms with Gasteiger partial charge >= 0.3 is 15.0 Å². The van der Waals surface area contributed by atoms with Crippen molar-refractivity contribution in [2.45, 2.75) is 49.8 Å². The van der Waals surface area contributed by atoms with E-state index in [1.807, 2.05) is 6.55 Å². The van der Waals surface area contributed by atoms with Gasteiger partial charge in [-0.3, -0.25) is 0 Å². The van der Waals surface area contributed by atoms with Crippen LogP contribution in [0.5, 0.6) is 0 Å². The number of rotatable bonds is 10. The first-order valence-corrected chi connectivity index (χ1v) is 11.7. The Morgan fingerprint density at radius 2 is 1.41 bits per heavy atom. The lowest BCUT2D eigenvalue weighted by Crippen LogP contribution is -2.52. The van der Waals surface area contributed by atoms with Gasteiger partial charge in [0.25, 0.3) is 0 Å². The quantitative estimate of drug-likeness (QED) is 0.604. The average molecular weight is 365 g/mol. The molecule has 134 valence electrons. The average Bonchev–Trinajstić information content (AvgIpc) is 2.43. The molecule has 2 unspecified atom stereocenters. The second-order valence-corrected chi connectivity index (χ2v) is 13.6. The van der Waals surface area contributed by atoms with E-state index < -0.39 is 28.9 Å². The van der Waals surface area contributed by atoms with Gasteiger partial charge in [0.1, 0.15) is 0 Å². The monoisotopic (exact) mass is 364 g/mol. The lowest BCUT2D eigenvalue weighted by atomic mass is 10.0. The molecule has 1 N–H and O–H groups in total. The highest BCUT2D eigenvalue weighted by atomic mass is 28.4. The molecule has 10 heteroatoms. The molecule has 0 aromatic carbocycles. The highest BCUT2D eigenvalue weighted by Crippen LogP contribution is 2.35. The molecule has 0 aliphatic rings. The maximum Gasteiger partial charge on any atom is 0.499 e. The third-order valence-corrected chi connectivity index (χ3v) is 13.0. The molecule has 0 radical (unpaired) electrons. The molecule has 2 atom stereocenters. The van der Waals surface area contributed by atoms with Crippen LogP contribution < -0.4 is 0 Å². The second kappa shape index (κ2) is 8.22. The zero-order chi connectivity index (χ0) is 17.7. The summed E-state index contributed by atoms with van der Waals surface area (Å²) in [6.07, 6.45) is -4.81. The van der Waals surface area contributed by atoms with E-state index in [9.17, 15) is 18.3 Å². The lowest BCUT2D eigenvalue weighted by Gasteiger charge is -2.34. The Morgan fingerprint density at radius 1 is 0.955 bits per heavy atom. The van der Waals surface area contributed by atoms with Crippen LogP contribution in [-0.2, 0) is 17.7 Å². The fraction of sp³-hybridized carbons (Fsp3) is 1.00. The Bertz CT molecular complexity index is 329. The molecule has 0 bridgehead atoms. The van der Waals surface area contributed by atoms with Gasteiger partial charge in [-0.2, -0.15) is 13.2 Å². The summed E-state index contributed by atoms with van der Waals surface area (Å²) in [6.45, 7) is 2.69. The summed E-state index contributed by atoms with van der Waals surface area (Å²) in [5, 5.41) is 9.48. The van der Waals surface area contributed by atoms with E-state index in [2.05, 4.69) is 0 Å². The third-order valence-electron chi connectivity index (χ3n) is 4.00. The maximum absolute atomic E-state index is 12.6. The van der Waals surface area contributed by atoms with Crippen molar-refractivity contribution >= 4 is 17.1 Å². The molecule has 0 saturated carbocycles. The van der Waals surface area contributed by atoms with Gasteiger partial charge in [0.05, 0.1) is 0 Å². The number of hydrogen-bond acceptors (Lipinski definition) is 5. The van der Waals surface area contributed by atoms with Crippen molar-refractivity contribution in [1.29, 1.82) is 0 Å². The van der Waals surface area contributed by atoms with E-state index in [1.165, 1.54) is 28.4 Å². The predicted octanol–water partition coefficient (Wildman–Crippen LogP) is 2.72. The lowest BCUT2D eigenvalue weighted by molar-refractivity contribution is -0.255. The predicted molar refractivity (Wildman–Crippen MR) is 80.9 cm³/mol. The van der Waals surface area contributed by atoms with Crippen LogP contribution in [0.1, 0.15) is 19.8 Å². The fourth-order valence-corrected chi connectivity index (χ4v) is 10.4. The van der Waals surface area contributed by atoms with Gasteiger partial charge in [-0.05, 0) is 25.9 Å². The number of hydrogen-bond donors (Lipinski definition) is 1. The first kappa shape index (κ1) is 22.0. The highest BCUT2D eigenvalue weighted by Gasteiger charge is 2.51. The minimum atomic E-state index is -4.64. The number of alkyl halides is 3. The van der Waals surface area contributed by atoms with Gasteiger partial charge in [-0.1, -0.05) is 6.42 Å². The van der Waals surface area contributed by atoms with Gasteiger partial charge < -0.3 is 22.8 Å². The third kappa shape index (κ3) is 5.91. The van der Waals surface area contributed by atoms with Crippen LogP contribution in [0.2, 0.25) is 18.3 Å². The summed E-state index contributed by atoms with van der Waals surface area (Å²) >= 11 is 0. The SMILES string of the molecule is CO[Si](C)(CCCC(C)(O)C(F)(F)F)C[Si](OC)(OC)OC. The van der Waals surface area contributed by atoms with Gasteiger partial charge in [0, 0.05) is 34.1 Å². The van der Waals surface area contributed by atoms with E-state index >= 15 is 0 Å². The molecule has 0 amide bonds. The van der Waals surface area contributed by atoms with Gasteiger partial charge in [0.15, 0.2) is 13.9 Å². The Labute approximate surface area is 132 Å². The van der Waals surface area contributed by atoms with Crippen molar-refractivity contribution in [3.8, 4) is 0 Å². The second-order valence-electron chi connectivity index (χ2n) is 5.75. The molecule has 5 nitrogen and oxygen atoms in total. The summed E-state index contributed by atoms with van der Waals surface area (Å²) in [7, 11) is 0.762. The molecule has 0 heterocycles. The van der Waals surface area contributed by atoms with Crippen LogP contribution in [0.25, 0.3) is 0 Å². The summed E-state index contributed by atoms with van der Waals surface area (Å²) in [5.74, 6) is 0. The normalized spacial score (nSPS) is 18.8. The molecule has 0 aromatic rings. The van der Waals surface area contributed by atoms with Crippen LogP contribution in [0.3, 0.4) is 0 Å². The fourth-order valence-electron chi connectivity index (χ4n) is 2.14. The molecule has 22 heavy (non-hydrogen) atoms. The molecule has 0 rings (SSSR count). The van der Waals surface area contributed by atoms with Gasteiger partial charge in [0.2, 0.25) is 0 Å².